The predicted octanol–water partition coefficient (Wildman–Crippen LogP) is 4.60. The Kier molecular flexibility index (Phi) is 3.66. The number of carbonyl (C=O) groups excluding carboxylic acids is 2. The Labute approximate surface area is 152 Å². The van der Waals surface area contributed by atoms with Crippen LogP contribution in [0.15, 0.2) is 65.1 Å². The minimum atomic E-state index is -0.276. The smallest absolute Gasteiger partial charge is 0.198 e. The number of rotatable bonds is 2. The van der Waals surface area contributed by atoms with Crippen molar-refractivity contribution in [2.24, 2.45) is 0 Å². The quantitative estimate of drug-likeness (QED) is 0.505. The minimum Gasteiger partial charge on any atom is -0.457 e. The van der Waals surface area contributed by atoms with Gasteiger partial charge in [-0.15, -0.1) is 0 Å². The van der Waals surface area contributed by atoms with E-state index in [1.807, 2.05) is 18.2 Å². The number of nitrogens with two attached hydrogens (primary N) is 1. The fourth-order valence-electron chi connectivity index (χ4n) is 2.95. The van der Waals surface area contributed by atoms with E-state index in [-0.39, 0.29) is 28.4 Å². The number of hydrogen-bond donors (Lipinski definition) is 1. The summed E-state index contributed by atoms with van der Waals surface area (Å²) in [5.41, 5.74) is 7.44. The van der Waals surface area contributed by atoms with Crippen LogP contribution in [0.2, 0.25) is 0 Å². The first-order chi connectivity index (χ1) is 12.1. The summed E-state index contributed by atoms with van der Waals surface area (Å²) in [6.45, 7) is 0. The van der Waals surface area contributed by atoms with E-state index in [0.717, 1.165) is 0 Å². The topological polar surface area (TPSA) is 69.4 Å². The molecule has 0 saturated carbocycles. The molecule has 3 aromatic carbocycles. The van der Waals surface area contributed by atoms with E-state index in [4.69, 9.17) is 10.5 Å². The van der Waals surface area contributed by atoms with E-state index >= 15 is 0 Å². The third-order valence-corrected chi connectivity index (χ3v) is 4.78. The van der Waals surface area contributed by atoms with Crippen molar-refractivity contribution in [2.75, 3.05) is 5.73 Å². The average Bonchev–Trinajstić information content (AvgIpc) is 2.63. The summed E-state index contributed by atoms with van der Waals surface area (Å²) in [4.78, 5) is 25.9. The van der Waals surface area contributed by atoms with Gasteiger partial charge in [-0.3, -0.25) is 9.59 Å². The van der Waals surface area contributed by atoms with Crippen molar-refractivity contribution < 1.29 is 14.3 Å². The lowest BCUT2D eigenvalue weighted by molar-refractivity contribution is 0.0977. The molecular weight excluding hydrogens is 382 g/mol. The molecule has 0 bridgehead atoms. The Morgan fingerprint density at radius 3 is 2.00 bits per heavy atom. The number of carbonyl (C=O) groups is 2. The van der Waals surface area contributed by atoms with Crippen LogP contribution >= 0.6 is 15.9 Å². The molecule has 0 unspecified atom stereocenters. The molecule has 1 aliphatic carbocycles. The molecule has 0 fully saturated rings. The van der Waals surface area contributed by atoms with Crippen LogP contribution in [0.4, 0.5) is 5.69 Å². The van der Waals surface area contributed by atoms with Gasteiger partial charge in [-0.1, -0.05) is 42.5 Å². The molecule has 122 valence electrons. The first kappa shape index (κ1) is 15.6. The number of anilines is 1. The number of hydrogen-bond acceptors (Lipinski definition) is 4. The fraction of sp³-hybridized carbons (Fsp3) is 0. The summed E-state index contributed by atoms with van der Waals surface area (Å²) in [5.74, 6) is 0.327. The largest absolute Gasteiger partial charge is 0.457 e. The molecule has 5 heteroatoms. The number of ether oxygens (including phenoxy) is 1. The molecule has 0 aromatic heterocycles. The van der Waals surface area contributed by atoms with Gasteiger partial charge in [0.25, 0.3) is 0 Å². The first-order valence-corrected chi connectivity index (χ1v) is 8.40. The van der Waals surface area contributed by atoms with Gasteiger partial charge < -0.3 is 10.5 Å². The van der Waals surface area contributed by atoms with E-state index in [1.165, 1.54) is 0 Å². The second-order valence-electron chi connectivity index (χ2n) is 5.64. The zero-order valence-corrected chi connectivity index (χ0v) is 14.5. The molecule has 25 heavy (non-hydrogen) atoms. The maximum absolute atomic E-state index is 13.0. The van der Waals surface area contributed by atoms with E-state index in [2.05, 4.69) is 15.9 Å². The lowest BCUT2D eigenvalue weighted by atomic mass is 9.83. The summed E-state index contributed by atoms with van der Waals surface area (Å²) in [6, 6.07) is 17.4. The van der Waals surface area contributed by atoms with Crippen molar-refractivity contribution in [3.8, 4) is 11.5 Å². The molecule has 4 rings (SSSR count). The number of fused-ring (bicyclic) bond motifs is 2. The Morgan fingerprint density at radius 1 is 0.800 bits per heavy atom. The predicted molar refractivity (Wildman–Crippen MR) is 98.4 cm³/mol. The van der Waals surface area contributed by atoms with Gasteiger partial charge in [0, 0.05) is 15.6 Å². The van der Waals surface area contributed by atoms with Gasteiger partial charge in [-0.05, 0) is 34.1 Å². The van der Waals surface area contributed by atoms with E-state index in [9.17, 15) is 9.59 Å². The SMILES string of the molecule is Nc1c(Br)cc(Oc2ccccc2)c2c1C(=O)c1ccccc1C2=O. The summed E-state index contributed by atoms with van der Waals surface area (Å²) < 4.78 is 6.40. The molecule has 0 aliphatic heterocycles. The molecule has 3 aromatic rings. The van der Waals surface area contributed by atoms with Crippen LogP contribution in [0.25, 0.3) is 0 Å². The zero-order valence-electron chi connectivity index (χ0n) is 13.0. The van der Waals surface area contributed by atoms with E-state index < -0.39 is 0 Å². The molecule has 0 amide bonds. The van der Waals surface area contributed by atoms with Gasteiger partial charge in [-0.2, -0.15) is 0 Å². The first-order valence-electron chi connectivity index (χ1n) is 7.61. The molecular formula is C20H12BrNO3. The standard InChI is InChI=1S/C20H12BrNO3/c21-14-10-15(25-11-6-2-1-3-7-11)16-17(18(14)22)20(24)13-9-5-4-8-12(13)19(16)23/h1-10H,22H2. The van der Waals surface area contributed by atoms with Crippen molar-refractivity contribution in [2.45, 2.75) is 0 Å². The highest BCUT2D eigenvalue weighted by Crippen LogP contribution is 2.41. The van der Waals surface area contributed by atoms with Crippen LogP contribution in [0.3, 0.4) is 0 Å². The molecule has 0 radical (unpaired) electrons. The highest BCUT2D eigenvalue weighted by molar-refractivity contribution is 9.10. The maximum atomic E-state index is 13.0. The molecule has 0 spiro atoms. The Balaban J connectivity index is 1.96. The summed E-state index contributed by atoms with van der Waals surface area (Å²) in [7, 11) is 0. The third kappa shape index (κ3) is 2.44. The highest BCUT2D eigenvalue weighted by Gasteiger charge is 2.35. The molecule has 2 N–H and O–H groups in total. The van der Waals surface area contributed by atoms with Crippen molar-refractivity contribution in [1.29, 1.82) is 0 Å². The van der Waals surface area contributed by atoms with Crippen LogP contribution in [0.1, 0.15) is 31.8 Å². The Morgan fingerprint density at radius 2 is 1.36 bits per heavy atom. The highest BCUT2D eigenvalue weighted by atomic mass is 79.9. The molecule has 4 nitrogen and oxygen atoms in total. The van der Waals surface area contributed by atoms with E-state index in [0.29, 0.717) is 27.1 Å². The number of nitrogen functional groups attached to an aromatic ring is 1. The van der Waals surface area contributed by atoms with Gasteiger partial charge in [0.2, 0.25) is 0 Å². The Hall–Kier alpha value is -2.92. The van der Waals surface area contributed by atoms with Crippen molar-refractivity contribution >= 4 is 33.2 Å². The Bertz CT molecular complexity index is 1030. The normalized spacial score (nSPS) is 12.5. The van der Waals surface area contributed by atoms with Gasteiger partial charge in [0.05, 0.1) is 16.8 Å². The van der Waals surface area contributed by atoms with Crippen LogP contribution in [-0.2, 0) is 0 Å². The summed E-state index contributed by atoms with van der Waals surface area (Å²) >= 11 is 3.36. The maximum Gasteiger partial charge on any atom is 0.198 e. The van der Waals surface area contributed by atoms with Crippen LogP contribution in [-0.4, -0.2) is 11.6 Å². The van der Waals surface area contributed by atoms with Crippen LogP contribution in [0.5, 0.6) is 11.5 Å². The summed E-state index contributed by atoms with van der Waals surface area (Å²) in [6.07, 6.45) is 0. The molecule has 0 saturated heterocycles. The average molecular weight is 394 g/mol. The van der Waals surface area contributed by atoms with Gasteiger partial charge >= 0.3 is 0 Å². The molecule has 0 atom stereocenters. The molecule has 0 heterocycles. The monoisotopic (exact) mass is 393 g/mol. The second-order valence-corrected chi connectivity index (χ2v) is 6.49. The number of halogens is 1. The lowest BCUT2D eigenvalue weighted by Crippen LogP contribution is -2.23. The van der Waals surface area contributed by atoms with Crippen molar-refractivity contribution in [3.63, 3.8) is 0 Å². The van der Waals surface area contributed by atoms with Gasteiger partial charge in [-0.25, -0.2) is 0 Å². The van der Waals surface area contributed by atoms with Crippen LogP contribution in [0, 0.1) is 0 Å². The van der Waals surface area contributed by atoms with Gasteiger partial charge in [0.1, 0.15) is 11.5 Å². The lowest BCUT2D eigenvalue weighted by Gasteiger charge is -2.22. The number of benzene rings is 3. The van der Waals surface area contributed by atoms with Crippen molar-refractivity contribution in [3.05, 3.63) is 87.4 Å². The second kappa shape index (κ2) is 5.86. The number of ketones is 2. The van der Waals surface area contributed by atoms with E-state index in [1.54, 1.807) is 42.5 Å². The summed E-state index contributed by atoms with van der Waals surface area (Å²) in [5, 5.41) is 0. The van der Waals surface area contributed by atoms with Gasteiger partial charge in [0.15, 0.2) is 11.6 Å². The van der Waals surface area contributed by atoms with Crippen molar-refractivity contribution in [1.82, 2.24) is 0 Å². The third-order valence-electron chi connectivity index (χ3n) is 4.12. The fourth-order valence-corrected chi connectivity index (χ4v) is 3.35. The zero-order chi connectivity index (χ0) is 17.6. The van der Waals surface area contributed by atoms with Crippen LogP contribution < -0.4 is 10.5 Å². The number of para-hydroxylation sites is 1. The minimum absolute atomic E-state index is 0.184. The molecule has 1 aliphatic rings.